The summed E-state index contributed by atoms with van der Waals surface area (Å²) >= 11 is 0. The highest BCUT2D eigenvalue weighted by atomic mass is 16.5. The number of esters is 1. The molecule has 104 valence electrons. The molecule has 0 unspecified atom stereocenters. The van der Waals surface area contributed by atoms with Crippen LogP contribution in [0.25, 0.3) is 0 Å². The first-order valence-corrected chi connectivity index (χ1v) is 7.54. The van der Waals surface area contributed by atoms with Crippen LogP contribution in [0.3, 0.4) is 0 Å². The maximum absolute atomic E-state index is 11.6. The molecule has 0 aromatic carbocycles. The lowest BCUT2D eigenvalue weighted by Crippen LogP contribution is -2.61. The van der Waals surface area contributed by atoms with Crippen LogP contribution in [0.1, 0.15) is 46.0 Å². The molecule has 0 amide bonds. The van der Waals surface area contributed by atoms with Crippen LogP contribution in [-0.4, -0.2) is 43.2 Å². The first kappa shape index (κ1) is 13.9. The average Bonchev–Trinajstić information content (AvgIpc) is 2.34. The van der Waals surface area contributed by atoms with E-state index in [0.717, 1.165) is 6.04 Å². The van der Waals surface area contributed by atoms with Crippen LogP contribution in [0.4, 0.5) is 0 Å². The molecule has 0 bridgehead atoms. The molecule has 2 rings (SSSR count). The SMILES string of the molecule is CC(C)C(=O)OC[C@@H]1CCC[N@+]2(C)CCCC[C@@H]12. The molecule has 3 nitrogen and oxygen atoms in total. The molecule has 0 aromatic rings. The number of carbonyl (C=O) groups excluding carboxylic acids is 1. The van der Waals surface area contributed by atoms with Crippen molar-refractivity contribution in [3.05, 3.63) is 0 Å². The Morgan fingerprint density at radius 3 is 2.67 bits per heavy atom. The zero-order valence-corrected chi connectivity index (χ0v) is 12.2. The quantitative estimate of drug-likeness (QED) is 0.571. The van der Waals surface area contributed by atoms with Gasteiger partial charge in [-0.25, -0.2) is 0 Å². The zero-order chi connectivity index (χ0) is 13.2. The first-order valence-electron chi connectivity index (χ1n) is 7.54. The Balaban J connectivity index is 1.93. The molecule has 2 fully saturated rings. The normalized spacial score (nSPS) is 36.2. The van der Waals surface area contributed by atoms with Crippen molar-refractivity contribution in [1.82, 2.24) is 0 Å². The fraction of sp³-hybridized carbons (Fsp3) is 0.933. The van der Waals surface area contributed by atoms with E-state index in [1.54, 1.807) is 0 Å². The monoisotopic (exact) mass is 254 g/mol. The van der Waals surface area contributed by atoms with E-state index in [2.05, 4.69) is 7.05 Å². The zero-order valence-electron chi connectivity index (χ0n) is 12.2. The van der Waals surface area contributed by atoms with E-state index in [4.69, 9.17) is 4.74 Å². The number of hydrogen-bond acceptors (Lipinski definition) is 2. The van der Waals surface area contributed by atoms with Crippen LogP contribution in [-0.2, 0) is 9.53 Å². The first-order chi connectivity index (χ1) is 8.53. The van der Waals surface area contributed by atoms with Gasteiger partial charge in [-0.05, 0) is 25.7 Å². The van der Waals surface area contributed by atoms with E-state index in [1.807, 2.05) is 13.8 Å². The minimum Gasteiger partial charge on any atom is -0.465 e. The van der Waals surface area contributed by atoms with E-state index in [-0.39, 0.29) is 11.9 Å². The fourth-order valence-corrected chi connectivity index (χ4v) is 3.78. The lowest BCUT2D eigenvalue weighted by atomic mass is 9.82. The van der Waals surface area contributed by atoms with E-state index in [9.17, 15) is 4.79 Å². The van der Waals surface area contributed by atoms with E-state index in [0.29, 0.717) is 12.5 Å². The van der Waals surface area contributed by atoms with Crippen molar-refractivity contribution < 1.29 is 14.0 Å². The molecule has 0 aliphatic carbocycles. The van der Waals surface area contributed by atoms with Crippen LogP contribution in [0.2, 0.25) is 0 Å². The van der Waals surface area contributed by atoms with Crippen molar-refractivity contribution in [1.29, 1.82) is 0 Å². The Labute approximate surface area is 111 Å². The molecule has 0 N–H and O–H groups in total. The van der Waals surface area contributed by atoms with Crippen molar-refractivity contribution >= 4 is 5.97 Å². The molecule has 2 aliphatic rings. The number of piperidine rings is 2. The summed E-state index contributed by atoms with van der Waals surface area (Å²) in [4.78, 5) is 11.6. The molecular weight excluding hydrogens is 226 g/mol. The molecule has 0 spiro atoms. The summed E-state index contributed by atoms with van der Waals surface area (Å²) in [6.07, 6.45) is 6.57. The number of ether oxygens (including phenoxy) is 1. The van der Waals surface area contributed by atoms with E-state index < -0.39 is 0 Å². The molecule has 2 saturated heterocycles. The van der Waals surface area contributed by atoms with Gasteiger partial charge in [0.05, 0.1) is 38.7 Å². The Morgan fingerprint density at radius 2 is 1.94 bits per heavy atom. The number of quaternary nitrogens is 1. The third kappa shape index (κ3) is 2.87. The molecule has 3 heteroatoms. The molecule has 2 heterocycles. The molecule has 0 saturated carbocycles. The number of hydrogen-bond donors (Lipinski definition) is 0. The minimum atomic E-state index is -0.0365. The van der Waals surface area contributed by atoms with Crippen LogP contribution in [0.5, 0.6) is 0 Å². The Morgan fingerprint density at radius 1 is 1.22 bits per heavy atom. The summed E-state index contributed by atoms with van der Waals surface area (Å²) < 4.78 is 6.71. The predicted molar refractivity (Wildman–Crippen MR) is 72.1 cm³/mol. The van der Waals surface area contributed by atoms with Gasteiger partial charge in [0.1, 0.15) is 0 Å². The van der Waals surface area contributed by atoms with Gasteiger partial charge >= 0.3 is 5.97 Å². The molecule has 0 aromatic heterocycles. The summed E-state index contributed by atoms with van der Waals surface area (Å²) in [7, 11) is 2.40. The fourth-order valence-electron chi connectivity index (χ4n) is 3.78. The largest absolute Gasteiger partial charge is 0.465 e. The smallest absolute Gasteiger partial charge is 0.308 e. The number of carbonyl (C=O) groups is 1. The van der Waals surface area contributed by atoms with E-state index in [1.165, 1.54) is 49.7 Å². The van der Waals surface area contributed by atoms with Gasteiger partial charge in [0.25, 0.3) is 0 Å². The summed E-state index contributed by atoms with van der Waals surface area (Å²) in [5, 5.41) is 0. The third-order valence-electron chi connectivity index (χ3n) is 4.92. The Kier molecular flexibility index (Phi) is 4.31. The second-order valence-electron chi connectivity index (χ2n) is 6.68. The maximum atomic E-state index is 11.6. The molecule has 2 aliphatic heterocycles. The minimum absolute atomic E-state index is 0.000759. The van der Waals surface area contributed by atoms with Gasteiger partial charge < -0.3 is 9.22 Å². The van der Waals surface area contributed by atoms with Crippen LogP contribution in [0.15, 0.2) is 0 Å². The summed E-state index contributed by atoms with van der Waals surface area (Å²) in [6, 6.07) is 0.729. The Bertz CT molecular complexity index is 299. The number of fused-ring (bicyclic) bond motifs is 1. The van der Waals surface area contributed by atoms with Crippen LogP contribution >= 0.6 is 0 Å². The molecule has 18 heavy (non-hydrogen) atoms. The maximum Gasteiger partial charge on any atom is 0.308 e. The highest BCUT2D eigenvalue weighted by molar-refractivity contribution is 5.71. The van der Waals surface area contributed by atoms with Gasteiger partial charge in [-0.15, -0.1) is 0 Å². The van der Waals surface area contributed by atoms with Gasteiger partial charge in [-0.3, -0.25) is 4.79 Å². The van der Waals surface area contributed by atoms with Crippen molar-refractivity contribution in [2.45, 2.75) is 52.0 Å². The highest BCUT2D eigenvalue weighted by Crippen LogP contribution is 2.36. The highest BCUT2D eigenvalue weighted by Gasteiger charge is 2.43. The van der Waals surface area contributed by atoms with Crippen molar-refractivity contribution in [2.24, 2.45) is 11.8 Å². The molecule has 3 atom stereocenters. The topological polar surface area (TPSA) is 26.3 Å². The lowest BCUT2D eigenvalue weighted by Gasteiger charge is -2.51. The van der Waals surface area contributed by atoms with Gasteiger partial charge in [0.2, 0.25) is 0 Å². The van der Waals surface area contributed by atoms with Gasteiger partial charge in [-0.1, -0.05) is 13.8 Å². The Hall–Kier alpha value is -0.570. The second-order valence-corrected chi connectivity index (χ2v) is 6.68. The summed E-state index contributed by atoms with van der Waals surface area (Å²) in [5.74, 6) is 0.554. The third-order valence-corrected chi connectivity index (χ3v) is 4.92. The predicted octanol–water partition coefficient (Wildman–Crippen LogP) is 2.59. The van der Waals surface area contributed by atoms with Crippen LogP contribution < -0.4 is 0 Å². The molecule has 0 radical (unpaired) electrons. The lowest BCUT2D eigenvalue weighted by molar-refractivity contribution is -0.947. The van der Waals surface area contributed by atoms with E-state index >= 15 is 0 Å². The van der Waals surface area contributed by atoms with Gasteiger partial charge in [-0.2, -0.15) is 0 Å². The number of nitrogens with zero attached hydrogens (tertiary/aromatic N) is 1. The van der Waals surface area contributed by atoms with Gasteiger partial charge in [0, 0.05) is 12.3 Å². The summed E-state index contributed by atoms with van der Waals surface area (Å²) in [5.41, 5.74) is 0. The van der Waals surface area contributed by atoms with Crippen molar-refractivity contribution in [3.63, 3.8) is 0 Å². The number of rotatable bonds is 3. The molecular formula is C15H28NO2+. The second kappa shape index (κ2) is 5.60. The standard InChI is InChI=1S/C15H28NO2/c1-12(2)15(17)18-11-13-7-6-10-16(3)9-5-4-8-14(13)16/h12-14H,4-11H2,1-3H3/q+1/t13-,14-,16-/m0/s1. The van der Waals surface area contributed by atoms with Crippen molar-refractivity contribution in [3.8, 4) is 0 Å². The van der Waals surface area contributed by atoms with Gasteiger partial charge in [0.15, 0.2) is 0 Å². The average molecular weight is 254 g/mol. The van der Waals surface area contributed by atoms with Crippen LogP contribution in [0, 0.1) is 11.8 Å². The van der Waals surface area contributed by atoms with Crippen molar-refractivity contribution in [2.75, 3.05) is 26.7 Å². The summed E-state index contributed by atoms with van der Waals surface area (Å²) in [6.45, 7) is 7.10.